The largest absolute Gasteiger partial charge is 0.315 e. The molecule has 0 bridgehead atoms. The lowest BCUT2D eigenvalue weighted by Gasteiger charge is -2.35. The molecule has 0 spiro atoms. The second-order valence-corrected chi connectivity index (χ2v) is 8.60. The Morgan fingerprint density at radius 1 is 1.42 bits per heavy atom. The van der Waals surface area contributed by atoms with E-state index in [9.17, 15) is 8.42 Å². The van der Waals surface area contributed by atoms with Crippen molar-refractivity contribution in [2.45, 2.75) is 36.4 Å². The summed E-state index contributed by atoms with van der Waals surface area (Å²) in [5.74, 6) is 0.495. The van der Waals surface area contributed by atoms with E-state index in [0.29, 0.717) is 16.7 Å². The lowest BCUT2D eigenvalue weighted by Crippen LogP contribution is -2.47. The third-order valence-corrected chi connectivity index (χ3v) is 7.80. The Balaban J connectivity index is 1.90. The van der Waals surface area contributed by atoms with Gasteiger partial charge < -0.3 is 5.32 Å². The maximum atomic E-state index is 12.8. The molecule has 1 N–H and O–H groups in total. The minimum Gasteiger partial charge on any atom is -0.315 e. The summed E-state index contributed by atoms with van der Waals surface area (Å²) in [5, 5.41) is 3.33. The van der Waals surface area contributed by atoms with Gasteiger partial charge in [0.25, 0.3) is 10.0 Å². The van der Waals surface area contributed by atoms with E-state index in [1.54, 1.807) is 10.4 Å². The number of thiophene rings is 1. The number of sulfonamides is 1. The molecule has 2 fully saturated rings. The lowest BCUT2D eigenvalue weighted by atomic mass is 9.94. The molecule has 2 atom stereocenters. The Bertz CT molecular complexity index is 553. The molecule has 2 unspecified atom stereocenters. The Hall–Kier alpha value is -0.430. The van der Waals surface area contributed by atoms with E-state index >= 15 is 0 Å². The van der Waals surface area contributed by atoms with Gasteiger partial charge in [0.1, 0.15) is 4.21 Å². The molecule has 4 nitrogen and oxygen atoms in total. The molecule has 3 rings (SSSR count). The van der Waals surface area contributed by atoms with E-state index in [4.69, 9.17) is 0 Å². The number of rotatable bonds is 3. The third-order valence-electron chi connectivity index (χ3n) is 4.18. The molecular formula is C13H20N2O2S2. The fraction of sp³-hybridized carbons (Fsp3) is 0.692. The Kier molecular flexibility index (Phi) is 3.68. The monoisotopic (exact) mass is 300 g/mol. The molecule has 0 aromatic carbocycles. The van der Waals surface area contributed by atoms with Crippen LogP contribution in [0.4, 0.5) is 0 Å². The van der Waals surface area contributed by atoms with Crippen molar-refractivity contribution in [3.8, 4) is 0 Å². The van der Waals surface area contributed by atoms with Crippen LogP contribution in [0.5, 0.6) is 0 Å². The quantitative estimate of drug-likeness (QED) is 0.924. The lowest BCUT2D eigenvalue weighted by molar-refractivity contribution is 0.218. The van der Waals surface area contributed by atoms with Crippen molar-refractivity contribution in [3.63, 3.8) is 0 Å². The molecule has 6 heteroatoms. The highest BCUT2D eigenvalue weighted by Gasteiger charge is 2.41. The predicted molar refractivity (Wildman–Crippen MR) is 77.0 cm³/mol. The van der Waals surface area contributed by atoms with E-state index < -0.39 is 10.0 Å². The minimum absolute atomic E-state index is 0.158. The van der Waals surface area contributed by atoms with Gasteiger partial charge in [0, 0.05) is 24.0 Å². The van der Waals surface area contributed by atoms with Crippen molar-refractivity contribution in [1.29, 1.82) is 0 Å². The summed E-state index contributed by atoms with van der Waals surface area (Å²) in [6.45, 7) is 4.49. The van der Waals surface area contributed by atoms with E-state index in [1.807, 2.05) is 6.07 Å². The van der Waals surface area contributed by atoms with E-state index in [0.717, 1.165) is 37.2 Å². The molecule has 19 heavy (non-hydrogen) atoms. The Morgan fingerprint density at radius 3 is 3.00 bits per heavy atom. The first-order valence-electron chi connectivity index (χ1n) is 6.94. The maximum absolute atomic E-state index is 12.8. The predicted octanol–water partition coefficient (Wildman–Crippen LogP) is 1.68. The second-order valence-electron chi connectivity index (χ2n) is 5.32. The zero-order valence-electron chi connectivity index (χ0n) is 11.1. The van der Waals surface area contributed by atoms with Crippen molar-refractivity contribution < 1.29 is 8.42 Å². The maximum Gasteiger partial charge on any atom is 0.252 e. The average molecular weight is 300 g/mol. The van der Waals surface area contributed by atoms with Crippen LogP contribution in [0.25, 0.3) is 0 Å². The zero-order chi connectivity index (χ0) is 13.5. The number of aryl methyl sites for hydroxylation is 1. The molecule has 106 valence electrons. The fourth-order valence-corrected chi connectivity index (χ4v) is 6.27. The van der Waals surface area contributed by atoms with Crippen molar-refractivity contribution in [2.24, 2.45) is 5.92 Å². The zero-order valence-corrected chi connectivity index (χ0v) is 12.8. The second kappa shape index (κ2) is 5.16. The average Bonchev–Trinajstić information content (AvgIpc) is 3.06. The van der Waals surface area contributed by atoms with Gasteiger partial charge in [0.05, 0.1) is 0 Å². The van der Waals surface area contributed by atoms with Crippen LogP contribution in [0.15, 0.2) is 16.3 Å². The van der Waals surface area contributed by atoms with Gasteiger partial charge in [0.15, 0.2) is 0 Å². The Labute approximate surface area is 118 Å². The van der Waals surface area contributed by atoms with Crippen molar-refractivity contribution in [2.75, 3.05) is 19.6 Å². The van der Waals surface area contributed by atoms with Crippen LogP contribution in [0.2, 0.25) is 0 Å². The van der Waals surface area contributed by atoms with Gasteiger partial charge in [-0.1, -0.05) is 6.92 Å². The van der Waals surface area contributed by atoms with Gasteiger partial charge in [-0.3, -0.25) is 0 Å². The first-order chi connectivity index (χ1) is 9.13. The molecule has 2 aliphatic rings. The van der Waals surface area contributed by atoms with Crippen LogP contribution in [-0.4, -0.2) is 38.4 Å². The summed E-state index contributed by atoms with van der Waals surface area (Å²) >= 11 is 1.42. The summed E-state index contributed by atoms with van der Waals surface area (Å²) in [5.41, 5.74) is 0. The normalized spacial score (nSPS) is 28.5. The fourth-order valence-electron chi connectivity index (χ4n) is 3.13. The summed E-state index contributed by atoms with van der Waals surface area (Å²) in [6, 6.07) is 3.86. The van der Waals surface area contributed by atoms with E-state index in [2.05, 4.69) is 12.2 Å². The molecule has 1 aromatic rings. The molecule has 2 aliphatic heterocycles. The number of nitrogens with one attached hydrogen (secondary N) is 1. The molecule has 2 saturated heterocycles. The molecule has 0 saturated carbocycles. The van der Waals surface area contributed by atoms with Crippen molar-refractivity contribution in [1.82, 2.24) is 9.62 Å². The summed E-state index contributed by atoms with van der Waals surface area (Å²) in [6.07, 6.45) is 3.02. The minimum atomic E-state index is -3.29. The van der Waals surface area contributed by atoms with Crippen molar-refractivity contribution >= 4 is 21.4 Å². The summed E-state index contributed by atoms with van der Waals surface area (Å²) in [4.78, 5) is 1.14. The summed E-state index contributed by atoms with van der Waals surface area (Å²) in [7, 11) is -3.29. The van der Waals surface area contributed by atoms with Crippen LogP contribution in [0, 0.1) is 5.92 Å². The Morgan fingerprint density at radius 2 is 2.26 bits per heavy atom. The molecule has 0 aliphatic carbocycles. The topological polar surface area (TPSA) is 49.4 Å². The first-order valence-corrected chi connectivity index (χ1v) is 9.20. The highest BCUT2D eigenvalue weighted by atomic mass is 32.2. The van der Waals surface area contributed by atoms with Gasteiger partial charge in [-0.2, -0.15) is 4.31 Å². The van der Waals surface area contributed by atoms with E-state index in [1.165, 1.54) is 11.3 Å². The number of hydrogen-bond acceptors (Lipinski definition) is 4. The molecule has 1 aromatic heterocycles. The van der Waals surface area contributed by atoms with Gasteiger partial charge in [-0.05, 0) is 43.9 Å². The van der Waals surface area contributed by atoms with Crippen LogP contribution >= 0.6 is 11.3 Å². The highest BCUT2D eigenvalue weighted by molar-refractivity contribution is 7.91. The van der Waals surface area contributed by atoms with Gasteiger partial charge in [-0.15, -0.1) is 11.3 Å². The van der Waals surface area contributed by atoms with Crippen LogP contribution in [0.3, 0.4) is 0 Å². The van der Waals surface area contributed by atoms with Crippen LogP contribution in [0.1, 0.15) is 24.6 Å². The standard InChI is InChI=1S/C13H20N2O2S2/c1-2-11-5-6-13(18-11)19(16,17)15-7-3-4-10-8-14-9-12(10)15/h5-6,10,12,14H,2-4,7-9H2,1H3. The number of fused-ring (bicyclic) bond motifs is 1. The van der Waals surface area contributed by atoms with E-state index in [-0.39, 0.29) is 6.04 Å². The smallest absolute Gasteiger partial charge is 0.252 e. The van der Waals surface area contributed by atoms with Crippen molar-refractivity contribution in [3.05, 3.63) is 17.0 Å². The van der Waals surface area contributed by atoms with Gasteiger partial charge in [0.2, 0.25) is 0 Å². The van der Waals surface area contributed by atoms with Gasteiger partial charge in [-0.25, -0.2) is 8.42 Å². The van der Waals surface area contributed by atoms with Crippen LogP contribution in [-0.2, 0) is 16.4 Å². The highest BCUT2D eigenvalue weighted by Crippen LogP contribution is 2.33. The molecule has 0 radical (unpaired) electrons. The number of nitrogens with zero attached hydrogens (tertiary/aromatic N) is 1. The molecule has 3 heterocycles. The van der Waals surface area contributed by atoms with Gasteiger partial charge >= 0.3 is 0 Å². The summed E-state index contributed by atoms with van der Waals surface area (Å²) < 4.78 is 27.8. The number of piperidine rings is 1. The third kappa shape index (κ3) is 2.35. The molecule has 0 amide bonds. The van der Waals surface area contributed by atoms with Crippen LogP contribution < -0.4 is 5.32 Å². The SMILES string of the molecule is CCc1ccc(S(=O)(=O)N2CCCC3CNCC32)s1. The number of hydrogen-bond donors (Lipinski definition) is 1. The first kappa shape index (κ1) is 13.5. The molecular weight excluding hydrogens is 280 g/mol.